The molecule has 0 atom stereocenters. The second-order valence-corrected chi connectivity index (χ2v) is 16.2. The highest BCUT2D eigenvalue weighted by atomic mass is 32.1. The Labute approximate surface area is 359 Å². The molecule has 2 aromatic heterocycles. The van der Waals surface area contributed by atoms with E-state index in [9.17, 15) is 0 Å². The van der Waals surface area contributed by atoms with Gasteiger partial charge in [-0.1, -0.05) is 200 Å². The number of hydrogen-bond donors (Lipinski definition) is 0. The number of thiophene rings is 1. The normalized spacial score (nSPS) is 11.3. The molecule has 0 aliphatic heterocycles. The van der Waals surface area contributed by atoms with Crippen molar-refractivity contribution < 1.29 is 0 Å². The quantitative estimate of drug-likeness (QED) is 0.154. The van der Waals surface area contributed by atoms with Crippen LogP contribution in [0.25, 0.3) is 110 Å². The van der Waals surface area contributed by atoms with Gasteiger partial charge in [0.1, 0.15) is 0 Å². The van der Waals surface area contributed by atoms with Crippen LogP contribution in [0.2, 0.25) is 0 Å². The molecule has 0 aliphatic rings. The standard InChI is InChI=1S/C57H37N3S/c1-5-16-38(17-6-1)41-30-32-42(33-31-41)49-26-14-28-51-52-29-15-27-50(54(52)61-53(49)51)47-35-46(40-20-9-3-10-21-40)36-48(37-47)57-59-55(43-22-11-4-12-23-43)58-56(60-57)45-25-13-24-44(34-45)39-18-7-2-8-19-39/h1-37H. The van der Waals surface area contributed by atoms with E-state index < -0.39 is 0 Å². The number of hydrogen-bond acceptors (Lipinski definition) is 4. The fourth-order valence-corrected chi connectivity index (χ4v) is 9.65. The van der Waals surface area contributed by atoms with Gasteiger partial charge in [-0.05, 0) is 79.9 Å². The van der Waals surface area contributed by atoms with Crippen LogP contribution in [-0.4, -0.2) is 15.0 Å². The molecule has 0 radical (unpaired) electrons. The fourth-order valence-electron chi connectivity index (χ4n) is 8.28. The van der Waals surface area contributed by atoms with Crippen LogP contribution in [0.4, 0.5) is 0 Å². The van der Waals surface area contributed by atoms with Crippen molar-refractivity contribution in [2.75, 3.05) is 0 Å². The van der Waals surface area contributed by atoms with E-state index in [1.165, 1.54) is 48.0 Å². The first kappa shape index (κ1) is 36.3. The third kappa shape index (κ3) is 7.09. The van der Waals surface area contributed by atoms with Gasteiger partial charge in [0.15, 0.2) is 17.5 Å². The van der Waals surface area contributed by atoms with Crippen molar-refractivity contribution >= 4 is 31.5 Å². The lowest BCUT2D eigenvalue weighted by Crippen LogP contribution is -2.00. The second-order valence-electron chi connectivity index (χ2n) is 15.2. The van der Waals surface area contributed by atoms with Gasteiger partial charge < -0.3 is 0 Å². The molecule has 3 nitrogen and oxygen atoms in total. The minimum Gasteiger partial charge on any atom is -0.208 e. The van der Waals surface area contributed by atoms with E-state index in [1.807, 2.05) is 35.6 Å². The summed E-state index contributed by atoms with van der Waals surface area (Å²) in [7, 11) is 0. The smallest absolute Gasteiger partial charge is 0.164 e. The minimum absolute atomic E-state index is 0.623. The highest BCUT2D eigenvalue weighted by Gasteiger charge is 2.18. The molecule has 11 rings (SSSR count). The second kappa shape index (κ2) is 15.8. The van der Waals surface area contributed by atoms with Crippen LogP contribution in [0.5, 0.6) is 0 Å². The molecule has 4 heteroatoms. The lowest BCUT2D eigenvalue weighted by molar-refractivity contribution is 1.07. The Hall–Kier alpha value is -7.79. The zero-order valence-electron chi connectivity index (χ0n) is 33.1. The molecule has 0 aliphatic carbocycles. The molecule has 0 saturated heterocycles. The monoisotopic (exact) mass is 795 g/mol. The van der Waals surface area contributed by atoms with Crippen LogP contribution >= 0.6 is 11.3 Å². The average molecular weight is 796 g/mol. The Bertz CT molecular complexity index is 3320. The highest BCUT2D eigenvalue weighted by Crippen LogP contribution is 2.45. The lowest BCUT2D eigenvalue weighted by Gasteiger charge is -2.13. The van der Waals surface area contributed by atoms with Crippen LogP contribution in [-0.2, 0) is 0 Å². The Morgan fingerprint density at radius 1 is 0.230 bits per heavy atom. The van der Waals surface area contributed by atoms with E-state index >= 15 is 0 Å². The van der Waals surface area contributed by atoms with Crippen molar-refractivity contribution in [1.82, 2.24) is 15.0 Å². The Morgan fingerprint density at radius 3 is 1.18 bits per heavy atom. The van der Waals surface area contributed by atoms with Gasteiger partial charge in [-0.25, -0.2) is 15.0 Å². The Balaban J connectivity index is 1.08. The zero-order valence-corrected chi connectivity index (χ0v) is 33.9. The highest BCUT2D eigenvalue weighted by molar-refractivity contribution is 7.26. The molecule has 0 saturated carbocycles. The summed E-state index contributed by atoms with van der Waals surface area (Å²) in [5.74, 6) is 1.88. The summed E-state index contributed by atoms with van der Waals surface area (Å²) in [6, 6.07) is 79.4. The molecule has 0 fully saturated rings. The molecule has 2 heterocycles. The summed E-state index contributed by atoms with van der Waals surface area (Å²) in [6.07, 6.45) is 0. The molecule has 9 aromatic carbocycles. The molecule has 0 spiro atoms. The van der Waals surface area contributed by atoms with E-state index in [0.29, 0.717) is 17.5 Å². The van der Waals surface area contributed by atoms with Gasteiger partial charge in [-0.2, -0.15) is 0 Å². The largest absolute Gasteiger partial charge is 0.208 e. The number of nitrogens with zero attached hydrogens (tertiary/aromatic N) is 3. The molecule has 11 aromatic rings. The fraction of sp³-hybridized carbons (Fsp3) is 0. The minimum atomic E-state index is 0.623. The van der Waals surface area contributed by atoms with E-state index in [2.05, 4.69) is 200 Å². The molecule has 0 bridgehead atoms. The van der Waals surface area contributed by atoms with Crippen LogP contribution in [0, 0.1) is 0 Å². The molecule has 0 amide bonds. The van der Waals surface area contributed by atoms with Crippen molar-refractivity contribution in [2.45, 2.75) is 0 Å². The molecule has 0 unspecified atom stereocenters. The van der Waals surface area contributed by atoms with Crippen LogP contribution < -0.4 is 0 Å². The molecule has 0 N–H and O–H groups in total. The molecule has 286 valence electrons. The van der Waals surface area contributed by atoms with E-state index in [-0.39, 0.29) is 0 Å². The van der Waals surface area contributed by atoms with Gasteiger partial charge >= 0.3 is 0 Å². The van der Waals surface area contributed by atoms with Crippen molar-refractivity contribution in [3.8, 4) is 89.8 Å². The van der Waals surface area contributed by atoms with Gasteiger partial charge in [0, 0.05) is 36.9 Å². The van der Waals surface area contributed by atoms with Crippen LogP contribution in [0.3, 0.4) is 0 Å². The summed E-state index contributed by atoms with van der Waals surface area (Å²) < 4.78 is 2.53. The first-order chi connectivity index (χ1) is 30.2. The zero-order chi connectivity index (χ0) is 40.5. The van der Waals surface area contributed by atoms with Crippen molar-refractivity contribution in [2.24, 2.45) is 0 Å². The summed E-state index contributed by atoms with van der Waals surface area (Å²) in [5.41, 5.74) is 14.4. The summed E-state index contributed by atoms with van der Waals surface area (Å²) >= 11 is 1.87. The SMILES string of the molecule is c1ccc(-c2ccc(-c3cccc4c3sc3c(-c5cc(-c6ccccc6)cc(-c6nc(-c7ccccc7)nc(-c7cccc(-c8ccccc8)c7)n6)c5)cccc34)cc2)cc1. The maximum absolute atomic E-state index is 5.25. The van der Waals surface area contributed by atoms with Gasteiger partial charge in [0.2, 0.25) is 0 Å². The molecule has 61 heavy (non-hydrogen) atoms. The van der Waals surface area contributed by atoms with Crippen LogP contribution in [0.15, 0.2) is 224 Å². The third-order valence-corrected chi connectivity index (χ3v) is 12.6. The summed E-state index contributed by atoms with van der Waals surface area (Å²) in [5, 5.41) is 2.51. The number of rotatable bonds is 8. The maximum atomic E-state index is 5.25. The Kier molecular flexibility index (Phi) is 9.38. The van der Waals surface area contributed by atoms with Crippen LogP contribution in [0.1, 0.15) is 0 Å². The van der Waals surface area contributed by atoms with Gasteiger partial charge in [0.05, 0.1) is 0 Å². The van der Waals surface area contributed by atoms with Crippen molar-refractivity contribution in [1.29, 1.82) is 0 Å². The van der Waals surface area contributed by atoms with Gasteiger partial charge in [0.25, 0.3) is 0 Å². The number of aromatic nitrogens is 3. The summed E-state index contributed by atoms with van der Waals surface area (Å²) in [4.78, 5) is 15.5. The Morgan fingerprint density at radius 2 is 0.590 bits per heavy atom. The van der Waals surface area contributed by atoms with E-state index in [0.717, 1.165) is 44.5 Å². The van der Waals surface area contributed by atoms with E-state index in [1.54, 1.807) is 0 Å². The van der Waals surface area contributed by atoms with Gasteiger partial charge in [-0.15, -0.1) is 11.3 Å². The topological polar surface area (TPSA) is 38.7 Å². The van der Waals surface area contributed by atoms with Crippen molar-refractivity contribution in [3.05, 3.63) is 224 Å². The number of benzene rings is 9. The lowest BCUT2D eigenvalue weighted by atomic mass is 9.94. The number of fused-ring (bicyclic) bond motifs is 3. The maximum Gasteiger partial charge on any atom is 0.164 e. The first-order valence-electron chi connectivity index (χ1n) is 20.5. The molecular weight excluding hydrogens is 759 g/mol. The predicted molar refractivity (Wildman–Crippen MR) is 256 cm³/mol. The van der Waals surface area contributed by atoms with Gasteiger partial charge in [-0.3, -0.25) is 0 Å². The average Bonchev–Trinajstić information content (AvgIpc) is 3.74. The van der Waals surface area contributed by atoms with E-state index in [4.69, 9.17) is 15.0 Å². The van der Waals surface area contributed by atoms with Crippen molar-refractivity contribution in [3.63, 3.8) is 0 Å². The first-order valence-corrected chi connectivity index (χ1v) is 21.3. The predicted octanol–water partition coefficient (Wildman–Crippen LogP) is 15.6. The third-order valence-electron chi connectivity index (χ3n) is 11.3. The summed E-state index contributed by atoms with van der Waals surface area (Å²) in [6.45, 7) is 0. The molecular formula is C57H37N3S.